The van der Waals surface area contributed by atoms with Crippen molar-refractivity contribution < 1.29 is 7.87 Å². The fourth-order valence-corrected chi connectivity index (χ4v) is 17.1. The van der Waals surface area contributed by atoms with E-state index in [-0.39, 0.29) is 5.78 Å². The van der Waals surface area contributed by atoms with Crippen LogP contribution in [0.25, 0.3) is 0 Å². The van der Waals surface area contributed by atoms with Gasteiger partial charge in [0.2, 0.25) is 0 Å². The standard InChI is InChI=1S/C13H10O2.3C4H9.Sn/c14-12-8-6-11(7-9-12)13(15)10-4-2-1-3-5-10;3*1-3-4-2;/h1-9,14H;3*1,3-4H2,2H3;/q;;;;+1/p-1. The fourth-order valence-electron chi connectivity index (χ4n) is 3.71. The van der Waals surface area contributed by atoms with Gasteiger partial charge in [-0.3, -0.25) is 0 Å². The molecule has 0 bridgehead atoms. The summed E-state index contributed by atoms with van der Waals surface area (Å²) >= 11 is -2.67. The van der Waals surface area contributed by atoms with E-state index in [4.69, 9.17) is 3.07 Å². The van der Waals surface area contributed by atoms with Crippen molar-refractivity contribution in [1.29, 1.82) is 0 Å². The van der Waals surface area contributed by atoms with Gasteiger partial charge in [0.1, 0.15) is 0 Å². The third kappa shape index (κ3) is 6.95. The summed E-state index contributed by atoms with van der Waals surface area (Å²) in [7, 11) is 0. The molecule has 0 aromatic heterocycles. The molecule has 0 fully saturated rings. The summed E-state index contributed by atoms with van der Waals surface area (Å²) in [5.74, 6) is 1.05. The van der Waals surface area contributed by atoms with E-state index in [1.54, 1.807) is 0 Å². The zero-order valence-electron chi connectivity index (χ0n) is 17.9. The molecule has 0 radical (unpaired) electrons. The Hall–Kier alpha value is -1.29. The predicted octanol–water partition coefficient (Wildman–Crippen LogP) is 7.64. The first-order valence-electron chi connectivity index (χ1n) is 11.0. The predicted molar refractivity (Wildman–Crippen MR) is 122 cm³/mol. The van der Waals surface area contributed by atoms with Crippen molar-refractivity contribution >= 4 is 24.6 Å². The Morgan fingerprint density at radius 1 is 0.714 bits per heavy atom. The van der Waals surface area contributed by atoms with E-state index < -0.39 is 18.8 Å². The third-order valence-electron chi connectivity index (χ3n) is 5.44. The molecule has 3 heteroatoms. The van der Waals surface area contributed by atoms with E-state index in [1.165, 1.54) is 51.8 Å². The van der Waals surface area contributed by atoms with Crippen LogP contribution < -0.4 is 3.07 Å². The Kier molecular flexibility index (Phi) is 10.1. The summed E-state index contributed by atoms with van der Waals surface area (Å²) in [5, 5.41) is 0. The van der Waals surface area contributed by atoms with Crippen molar-refractivity contribution in [3.8, 4) is 5.75 Å². The van der Waals surface area contributed by atoms with Crippen molar-refractivity contribution in [1.82, 2.24) is 0 Å². The molecule has 2 rings (SSSR count). The summed E-state index contributed by atoms with van der Waals surface area (Å²) in [6, 6.07) is 17.4. The van der Waals surface area contributed by atoms with Crippen LogP contribution in [0.1, 0.15) is 75.2 Å². The molecular formula is C25H36O2Sn. The van der Waals surface area contributed by atoms with Gasteiger partial charge >= 0.3 is 177 Å². The Morgan fingerprint density at radius 3 is 1.64 bits per heavy atom. The van der Waals surface area contributed by atoms with E-state index >= 15 is 0 Å². The van der Waals surface area contributed by atoms with Gasteiger partial charge in [-0.1, -0.05) is 0 Å². The molecule has 0 heterocycles. The van der Waals surface area contributed by atoms with Crippen LogP contribution in [-0.2, 0) is 0 Å². The molecule has 0 aliphatic heterocycles. The molecule has 0 unspecified atom stereocenters. The van der Waals surface area contributed by atoms with Crippen LogP contribution in [-0.4, -0.2) is 24.6 Å². The maximum atomic E-state index is 12.6. The average molecular weight is 487 g/mol. The molecule has 0 saturated carbocycles. The van der Waals surface area contributed by atoms with Crippen molar-refractivity contribution in [3.63, 3.8) is 0 Å². The molecule has 0 atom stereocenters. The number of hydrogen-bond acceptors (Lipinski definition) is 2. The molecule has 0 aliphatic rings. The average Bonchev–Trinajstić information content (AvgIpc) is 2.75. The summed E-state index contributed by atoms with van der Waals surface area (Å²) in [4.78, 5) is 12.6. The van der Waals surface area contributed by atoms with Gasteiger partial charge in [-0.15, -0.1) is 0 Å². The molecule has 2 nitrogen and oxygen atoms in total. The number of unbranched alkanes of at least 4 members (excludes halogenated alkanes) is 3. The summed E-state index contributed by atoms with van der Waals surface area (Å²) < 4.78 is 10.8. The van der Waals surface area contributed by atoms with Crippen LogP contribution in [0.3, 0.4) is 0 Å². The van der Waals surface area contributed by atoms with Crippen molar-refractivity contribution in [2.45, 2.75) is 72.6 Å². The van der Waals surface area contributed by atoms with Crippen LogP contribution in [0.5, 0.6) is 5.75 Å². The van der Waals surface area contributed by atoms with Gasteiger partial charge in [0.15, 0.2) is 0 Å². The van der Waals surface area contributed by atoms with Gasteiger partial charge in [-0.2, -0.15) is 0 Å². The molecule has 0 N–H and O–H groups in total. The van der Waals surface area contributed by atoms with Gasteiger partial charge in [0, 0.05) is 0 Å². The molecular weight excluding hydrogens is 451 g/mol. The zero-order chi connectivity index (χ0) is 20.2. The number of ketones is 1. The molecule has 0 aliphatic carbocycles. The van der Waals surface area contributed by atoms with Crippen LogP contribution in [0.4, 0.5) is 0 Å². The summed E-state index contributed by atoms with van der Waals surface area (Å²) in [6.45, 7) is 6.83. The third-order valence-corrected chi connectivity index (χ3v) is 18.2. The Balaban J connectivity index is 2.16. The number of benzene rings is 2. The summed E-state index contributed by atoms with van der Waals surface area (Å²) in [6.07, 6.45) is 7.58. The van der Waals surface area contributed by atoms with E-state index in [0.29, 0.717) is 0 Å². The van der Waals surface area contributed by atoms with Crippen LogP contribution in [0, 0.1) is 0 Å². The van der Waals surface area contributed by atoms with Crippen LogP contribution >= 0.6 is 0 Å². The first kappa shape index (κ1) is 23.0. The topological polar surface area (TPSA) is 26.3 Å². The first-order chi connectivity index (χ1) is 13.6. The first-order valence-corrected chi connectivity index (χ1v) is 18.2. The molecule has 2 aromatic rings. The molecule has 2 aromatic carbocycles. The zero-order valence-corrected chi connectivity index (χ0v) is 20.7. The fraction of sp³-hybridized carbons (Fsp3) is 0.480. The SMILES string of the molecule is CCC[CH2][Sn]([CH2]CCC)([CH2]CCC)[O]c1ccc(C(=O)c2ccccc2)cc1. The molecule has 0 spiro atoms. The summed E-state index contributed by atoms with van der Waals surface area (Å²) in [5.41, 5.74) is 1.47. The monoisotopic (exact) mass is 488 g/mol. The number of hydrogen-bond donors (Lipinski definition) is 0. The minimum absolute atomic E-state index is 0.0740. The van der Waals surface area contributed by atoms with Crippen LogP contribution in [0.15, 0.2) is 54.6 Å². The second-order valence-electron chi connectivity index (χ2n) is 7.82. The molecule has 28 heavy (non-hydrogen) atoms. The van der Waals surface area contributed by atoms with Gasteiger partial charge < -0.3 is 0 Å². The van der Waals surface area contributed by atoms with Crippen LogP contribution in [0.2, 0.25) is 13.3 Å². The van der Waals surface area contributed by atoms with Gasteiger partial charge in [0.05, 0.1) is 0 Å². The number of carbonyl (C=O) groups excluding carboxylic acids is 1. The van der Waals surface area contributed by atoms with Gasteiger partial charge in [0.25, 0.3) is 0 Å². The normalized spacial score (nSPS) is 11.4. The molecule has 152 valence electrons. The number of carbonyl (C=O) groups is 1. The van der Waals surface area contributed by atoms with E-state index in [9.17, 15) is 4.79 Å². The Bertz CT molecular complexity index is 672. The Morgan fingerprint density at radius 2 is 1.18 bits per heavy atom. The van der Waals surface area contributed by atoms with Crippen molar-refractivity contribution in [3.05, 3.63) is 65.7 Å². The van der Waals surface area contributed by atoms with Crippen molar-refractivity contribution in [2.24, 2.45) is 0 Å². The van der Waals surface area contributed by atoms with E-state index in [2.05, 4.69) is 20.8 Å². The van der Waals surface area contributed by atoms with Gasteiger partial charge in [-0.05, 0) is 0 Å². The molecule has 0 saturated heterocycles. The second-order valence-corrected chi connectivity index (χ2v) is 19.4. The van der Waals surface area contributed by atoms with E-state index in [1.807, 2.05) is 54.6 Å². The minimum atomic E-state index is -2.67. The maximum absolute atomic E-state index is 12.6. The second kappa shape index (κ2) is 12.3. The molecule has 0 amide bonds. The number of rotatable bonds is 13. The van der Waals surface area contributed by atoms with E-state index in [0.717, 1.165) is 16.9 Å². The Labute approximate surface area is 176 Å². The van der Waals surface area contributed by atoms with Gasteiger partial charge in [-0.25, -0.2) is 0 Å². The quantitative estimate of drug-likeness (QED) is 0.214. The van der Waals surface area contributed by atoms with Crippen molar-refractivity contribution in [2.75, 3.05) is 0 Å².